The Labute approximate surface area is 61.1 Å². The summed E-state index contributed by atoms with van der Waals surface area (Å²) in [6, 6.07) is 0. The molecule has 1 nitrogen and oxygen atoms in total. The average molecular weight is 136 g/mol. The van der Waals surface area contributed by atoms with Crippen LogP contribution in [0.5, 0.6) is 0 Å². The van der Waals surface area contributed by atoms with Crippen LogP contribution in [0.3, 0.4) is 0 Å². The van der Waals surface area contributed by atoms with Crippen molar-refractivity contribution in [1.82, 2.24) is 0 Å². The molecule has 54 valence electrons. The van der Waals surface area contributed by atoms with Crippen LogP contribution in [-0.2, 0) is 0 Å². The van der Waals surface area contributed by atoms with E-state index in [2.05, 4.69) is 18.7 Å². The van der Waals surface area contributed by atoms with Gasteiger partial charge in [0.15, 0.2) is 0 Å². The maximum absolute atomic E-state index is 9.56. The molecule has 0 aromatic carbocycles. The van der Waals surface area contributed by atoms with Crippen LogP contribution in [0.25, 0.3) is 0 Å². The van der Waals surface area contributed by atoms with Crippen molar-refractivity contribution in [3.05, 3.63) is 24.8 Å². The minimum Gasteiger partial charge on any atom is -0.392 e. The molecule has 2 aliphatic carbocycles. The van der Waals surface area contributed by atoms with Gasteiger partial charge in [0.25, 0.3) is 0 Å². The predicted molar refractivity (Wildman–Crippen MR) is 40.4 cm³/mol. The van der Waals surface area contributed by atoms with Gasteiger partial charge in [-0.25, -0.2) is 0 Å². The lowest BCUT2D eigenvalue weighted by atomic mass is 9.91. The lowest BCUT2D eigenvalue weighted by molar-refractivity contribution is 0.117. The van der Waals surface area contributed by atoms with Crippen molar-refractivity contribution in [1.29, 1.82) is 0 Å². The predicted octanol–water partition coefficient (Wildman–Crippen LogP) is 1.36. The standard InChI is InChI=1S/C9H12O/c1-2-8-6-3-4-7(5-6)9(8)10/h2-4,6-10H,1,5H2. The average Bonchev–Trinajstić information content (AvgIpc) is 2.46. The first-order valence-electron chi connectivity index (χ1n) is 3.82. The first kappa shape index (κ1) is 6.17. The van der Waals surface area contributed by atoms with Crippen LogP contribution in [0.4, 0.5) is 0 Å². The van der Waals surface area contributed by atoms with E-state index in [1.807, 2.05) is 6.08 Å². The quantitative estimate of drug-likeness (QED) is 0.539. The van der Waals surface area contributed by atoms with E-state index in [1.54, 1.807) is 0 Å². The molecule has 2 bridgehead atoms. The van der Waals surface area contributed by atoms with Gasteiger partial charge in [-0.15, -0.1) is 6.58 Å². The molecule has 1 heteroatoms. The minimum absolute atomic E-state index is 0.146. The van der Waals surface area contributed by atoms with Gasteiger partial charge in [0.2, 0.25) is 0 Å². The molecule has 0 aromatic rings. The van der Waals surface area contributed by atoms with Crippen molar-refractivity contribution in [2.24, 2.45) is 17.8 Å². The Kier molecular flexibility index (Phi) is 1.21. The van der Waals surface area contributed by atoms with Crippen molar-refractivity contribution in [3.63, 3.8) is 0 Å². The van der Waals surface area contributed by atoms with Gasteiger partial charge in [-0.2, -0.15) is 0 Å². The van der Waals surface area contributed by atoms with Gasteiger partial charge in [-0.3, -0.25) is 0 Å². The third-order valence-corrected chi connectivity index (χ3v) is 2.75. The second kappa shape index (κ2) is 1.96. The molecule has 10 heavy (non-hydrogen) atoms. The van der Waals surface area contributed by atoms with Crippen molar-refractivity contribution in [3.8, 4) is 0 Å². The Morgan fingerprint density at radius 3 is 2.50 bits per heavy atom. The highest BCUT2D eigenvalue weighted by Crippen LogP contribution is 2.43. The summed E-state index contributed by atoms with van der Waals surface area (Å²) in [7, 11) is 0. The highest BCUT2D eigenvalue weighted by molar-refractivity contribution is 5.17. The highest BCUT2D eigenvalue weighted by Gasteiger charge is 2.41. The Balaban J connectivity index is 2.25. The second-order valence-electron chi connectivity index (χ2n) is 3.25. The second-order valence-corrected chi connectivity index (χ2v) is 3.25. The van der Waals surface area contributed by atoms with E-state index in [9.17, 15) is 5.11 Å². The van der Waals surface area contributed by atoms with Gasteiger partial charge < -0.3 is 5.11 Å². The largest absolute Gasteiger partial charge is 0.392 e. The zero-order valence-electron chi connectivity index (χ0n) is 5.90. The topological polar surface area (TPSA) is 20.2 Å². The lowest BCUT2D eigenvalue weighted by Crippen LogP contribution is -2.22. The van der Waals surface area contributed by atoms with Gasteiger partial charge in [-0.05, 0) is 12.3 Å². The molecule has 0 aromatic heterocycles. The summed E-state index contributed by atoms with van der Waals surface area (Å²) in [6.45, 7) is 3.72. The maximum atomic E-state index is 9.56. The minimum atomic E-state index is -0.146. The monoisotopic (exact) mass is 136 g/mol. The first-order valence-corrected chi connectivity index (χ1v) is 3.82. The van der Waals surface area contributed by atoms with Gasteiger partial charge in [0.1, 0.15) is 0 Å². The number of rotatable bonds is 1. The van der Waals surface area contributed by atoms with Crippen LogP contribution in [0.15, 0.2) is 24.8 Å². The normalized spacial score (nSPS) is 50.1. The van der Waals surface area contributed by atoms with E-state index in [0.717, 1.165) is 6.42 Å². The molecule has 4 unspecified atom stereocenters. The van der Waals surface area contributed by atoms with Crippen molar-refractivity contribution in [2.45, 2.75) is 12.5 Å². The lowest BCUT2D eigenvalue weighted by Gasteiger charge is -2.19. The van der Waals surface area contributed by atoms with Gasteiger partial charge >= 0.3 is 0 Å². The van der Waals surface area contributed by atoms with E-state index in [0.29, 0.717) is 17.8 Å². The number of fused-ring (bicyclic) bond motifs is 2. The summed E-state index contributed by atoms with van der Waals surface area (Å²) < 4.78 is 0. The maximum Gasteiger partial charge on any atom is 0.0671 e. The first-order chi connectivity index (χ1) is 4.83. The van der Waals surface area contributed by atoms with Crippen LogP contribution in [0.1, 0.15) is 6.42 Å². The Bertz CT molecular complexity index is 183. The molecule has 2 aliphatic rings. The molecule has 4 atom stereocenters. The molecular weight excluding hydrogens is 124 g/mol. The van der Waals surface area contributed by atoms with E-state index in [1.165, 1.54) is 0 Å². The SMILES string of the molecule is C=CC1C2C=CC(C2)C1O. The summed E-state index contributed by atoms with van der Waals surface area (Å²) in [5.41, 5.74) is 0. The fourth-order valence-corrected chi connectivity index (χ4v) is 2.15. The summed E-state index contributed by atoms with van der Waals surface area (Å²) in [4.78, 5) is 0. The van der Waals surface area contributed by atoms with Crippen LogP contribution in [0.2, 0.25) is 0 Å². The van der Waals surface area contributed by atoms with Gasteiger partial charge in [-0.1, -0.05) is 18.2 Å². The number of hydrogen-bond donors (Lipinski definition) is 1. The van der Waals surface area contributed by atoms with Crippen molar-refractivity contribution in [2.75, 3.05) is 0 Å². The Hall–Kier alpha value is -0.560. The highest BCUT2D eigenvalue weighted by atomic mass is 16.3. The summed E-state index contributed by atoms with van der Waals surface area (Å²) >= 11 is 0. The molecule has 0 amide bonds. The summed E-state index contributed by atoms with van der Waals surface area (Å²) in [5.74, 6) is 1.33. The molecular formula is C9H12O. The smallest absolute Gasteiger partial charge is 0.0671 e. The van der Waals surface area contributed by atoms with Gasteiger partial charge in [0, 0.05) is 11.8 Å². The van der Waals surface area contributed by atoms with E-state index >= 15 is 0 Å². The fourth-order valence-electron chi connectivity index (χ4n) is 2.15. The summed E-state index contributed by atoms with van der Waals surface area (Å²) in [6.07, 6.45) is 7.22. The molecule has 1 fully saturated rings. The van der Waals surface area contributed by atoms with E-state index in [4.69, 9.17) is 0 Å². The molecule has 2 rings (SSSR count). The van der Waals surface area contributed by atoms with E-state index in [-0.39, 0.29) is 6.10 Å². The molecule has 0 saturated heterocycles. The number of hydrogen-bond acceptors (Lipinski definition) is 1. The number of aliphatic hydroxyl groups excluding tert-OH is 1. The van der Waals surface area contributed by atoms with Crippen LogP contribution < -0.4 is 0 Å². The molecule has 0 aliphatic heterocycles. The van der Waals surface area contributed by atoms with Gasteiger partial charge in [0.05, 0.1) is 6.10 Å². The fraction of sp³-hybridized carbons (Fsp3) is 0.556. The third-order valence-electron chi connectivity index (χ3n) is 2.75. The zero-order valence-corrected chi connectivity index (χ0v) is 5.90. The third kappa shape index (κ3) is 0.613. The van der Waals surface area contributed by atoms with Crippen LogP contribution in [-0.4, -0.2) is 11.2 Å². The van der Waals surface area contributed by atoms with E-state index < -0.39 is 0 Å². The Morgan fingerprint density at radius 1 is 1.40 bits per heavy atom. The molecule has 1 N–H and O–H groups in total. The van der Waals surface area contributed by atoms with Crippen LogP contribution in [0, 0.1) is 17.8 Å². The molecule has 0 radical (unpaired) electrons. The Morgan fingerprint density at radius 2 is 2.10 bits per heavy atom. The van der Waals surface area contributed by atoms with Crippen LogP contribution >= 0.6 is 0 Å². The molecule has 0 spiro atoms. The zero-order chi connectivity index (χ0) is 7.14. The molecule has 1 saturated carbocycles. The van der Waals surface area contributed by atoms with Crippen molar-refractivity contribution >= 4 is 0 Å². The molecule has 0 heterocycles. The number of allylic oxidation sites excluding steroid dienone is 1. The number of aliphatic hydroxyl groups is 1. The summed E-state index contributed by atoms with van der Waals surface area (Å²) in [5, 5.41) is 9.56. The van der Waals surface area contributed by atoms with Crippen molar-refractivity contribution < 1.29 is 5.11 Å².